The van der Waals surface area contributed by atoms with Crippen LogP contribution < -0.4 is 5.32 Å². The van der Waals surface area contributed by atoms with Gasteiger partial charge in [-0.3, -0.25) is 10.1 Å². The van der Waals surface area contributed by atoms with Gasteiger partial charge in [-0.1, -0.05) is 41.0 Å². The average Bonchev–Trinajstić information content (AvgIpc) is 3.04. The summed E-state index contributed by atoms with van der Waals surface area (Å²) >= 11 is 7.75. The van der Waals surface area contributed by atoms with Crippen LogP contribution in [0.15, 0.2) is 57.8 Å². The average molecular weight is 360 g/mol. The summed E-state index contributed by atoms with van der Waals surface area (Å²) in [7, 11) is 0. The van der Waals surface area contributed by atoms with Crippen LogP contribution in [0.1, 0.15) is 5.56 Å². The predicted octanol–water partition coefficient (Wildman–Crippen LogP) is 4.29. The fraction of sp³-hybridized carbons (Fsp3) is 0.118. The number of carbonyl (C=O) groups excluding carboxylic acids is 1. The van der Waals surface area contributed by atoms with Gasteiger partial charge >= 0.3 is 6.01 Å². The van der Waals surface area contributed by atoms with Crippen molar-refractivity contribution in [2.45, 2.75) is 11.3 Å². The molecule has 1 amide bonds. The quantitative estimate of drug-likeness (QED) is 0.688. The number of aromatic nitrogens is 2. The van der Waals surface area contributed by atoms with E-state index in [-0.39, 0.29) is 24.2 Å². The topological polar surface area (TPSA) is 68.0 Å². The molecule has 0 radical (unpaired) electrons. The first-order valence-electron chi connectivity index (χ1n) is 7.17. The third kappa shape index (κ3) is 3.96. The van der Waals surface area contributed by atoms with Crippen LogP contribution in [0.25, 0.3) is 11.5 Å². The zero-order chi connectivity index (χ0) is 16.9. The lowest BCUT2D eigenvalue weighted by Gasteiger charge is -2.02. The molecule has 3 rings (SSSR count). The second-order valence-corrected chi connectivity index (χ2v) is 6.25. The third-order valence-corrected chi connectivity index (χ3v) is 4.37. The molecule has 0 aliphatic heterocycles. The summed E-state index contributed by atoms with van der Waals surface area (Å²) in [5.74, 6) is 0.0430. The Bertz CT molecular complexity index is 849. The van der Waals surface area contributed by atoms with Gasteiger partial charge in [-0.25, -0.2) is 0 Å². The highest BCUT2D eigenvalue weighted by molar-refractivity contribution is 7.98. The second kappa shape index (κ2) is 7.51. The molecule has 0 saturated carbocycles. The Hall–Kier alpha value is -2.31. The SMILES string of the molecule is CSc1ccc(CC(=O)Nc2nnc(-c3ccccc3Cl)o2)cc1. The molecule has 0 aliphatic rings. The summed E-state index contributed by atoms with van der Waals surface area (Å²) in [6.07, 6.45) is 2.24. The van der Waals surface area contributed by atoms with Crippen LogP contribution in [0.4, 0.5) is 6.01 Å². The van der Waals surface area contributed by atoms with E-state index in [4.69, 9.17) is 16.0 Å². The molecule has 1 N–H and O–H groups in total. The van der Waals surface area contributed by atoms with E-state index >= 15 is 0 Å². The molecule has 0 atom stereocenters. The number of hydrogen-bond donors (Lipinski definition) is 1. The molecule has 1 aromatic heterocycles. The number of hydrogen-bond acceptors (Lipinski definition) is 5. The van der Waals surface area contributed by atoms with E-state index in [2.05, 4.69) is 15.5 Å². The monoisotopic (exact) mass is 359 g/mol. The molecular weight excluding hydrogens is 346 g/mol. The van der Waals surface area contributed by atoms with Gasteiger partial charge in [0.05, 0.1) is 17.0 Å². The number of amides is 1. The first-order chi connectivity index (χ1) is 11.7. The minimum atomic E-state index is -0.221. The number of carbonyl (C=O) groups is 1. The molecule has 0 spiro atoms. The maximum absolute atomic E-state index is 12.1. The van der Waals surface area contributed by atoms with E-state index in [1.807, 2.05) is 42.7 Å². The number of nitrogens with one attached hydrogen (secondary N) is 1. The molecule has 2 aromatic carbocycles. The van der Waals surface area contributed by atoms with Crippen LogP contribution in [0.3, 0.4) is 0 Å². The number of anilines is 1. The summed E-state index contributed by atoms with van der Waals surface area (Å²) in [4.78, 5) is 13.2. The highest BCUT2D eigenvalue weighted by Crippen LogP contribution is 2.27. The van der Waals surface area contributed by atoms with Crippen molar-refractivity contribution in [2.24, 2.45) is 0 Å². The van der Waals surface area contributed by atoms with Gasteiger partial charge in [-0.15, -0.1) is 16.9 Å². The molecular formula is C17H14ClN3O2S. The Labute approximate surface area is 148 Å². The number of nitrogens with zero attached hydrogens (tertiary/aromatic N) is 2. The van der Waals surface area contributed by atoms with E-state index in [0.29, 0.717) is 10.6 Å². The number of rotatable bonds is 5. The lowest BCUT2D eigenvalue weighted by Crippen LogP contribution is -2.14. The number of benzene rings is 2. The molecule has 0 fully saturated rings. The Morgan fingerprint density at radius 2 is 1.92 bits per heavy atom. The van der Waals surface area contributed by atoms with E-state index < -0.39 is 0 Å². The van der Waals surface area contributed by atoms with Crippen molar-refractivity contribution in [3.8, 4) is 11.5 Å². The van der Waals surface area contributed by atoms with Gasteiger partial charge < -0.3 is 4.42 Å². The van der Waals surface area contributed by atoms with Gasteiger partial charge in [0.15, 0.2) is 0 Å². The highest BCUT2D eigenvalue weighted by atomic mass is 35.5. The van der Waals surface area contributed by atoms with Crippen molar-refractivity contribution in [3.05, 3.63) is 59.1 Å². The minimum absolute atomic E-state index is 0.0515. The maximum Gasteiger partial charge on any atom is 0.322 e. The molecule has 5 nitrogen and oxygen atoms in total. The van der Waals surface area contributed by atoms with Crippen LogP contribution in [0.2, 0.25) is 5.02 Å². The standard InChI is InChI=1S/C17H14ClN3O2S/c1-24-12-8-6-11(7-9-12)10-15(22)19-17-21-20-16(23-17)13-4-2-3-5-14(13)18/h2-9H,10H2,1H3,(H,19,21,22). The van der Waals surface area contributed by atoms with Gasteiger partial charge in [-0.2, -0.15) is 0 Å². The van der Waals surface area contributed by atoms with Crippen LogP contribution in [-0.4, -0.2) is 22.4 Å². The van der Waals surface area contributed by atoms with Crippen LogP contribution in [-0.2, 0) is 11.2 Å². The Morgan fingerprint density at radius 3 is 2.62 bits per heavy atom. The van der Waals surface area contributed by atoms with E-state index in [0.717, 1.165) is 10.5 Å². The summed E-state index contributed by atoms with van der Waals surface area (Å²) in [5.41, 5.74) is 1.54. The molecule has 122 valence electrons. The fourth-order valence-corrected chi connectivity index (χ4v) is 2.73. The van der Waals surface area contributed by atoms with E-state index in [9.17, 15) is 4.79 Å². The van der Waals surface area contributed by atoms with Crippen molar-refractivity contribution >= 4 is 35.3 Å². The fourth-order valence-electron chi connectivity index (χ4n) is 2.11. The van der Waals surface area contributed by atoms with Gasteiger partial charge in [0, 0.05) is 4.90 Å². The van der Waals surface area contributed by atoms with Gasteiger partial charge in [0.2, 0.25) is 5.91 Å². The molecule has 24 heavy (non-hydrogen) atoms. The van der Waals surface area contributed by atoms with Crippen LogP contribution in [0, 0.1) is 0 Å². The maximum atomic E-state index is 12.1. The van der Waals surface area contributed by atoms with E-state index in [1.165, 1.54) is 0 Å². The van der Waals surface area contributed by atoms with Gasteiger partial charge in [-0.05, 0) is 36.1 Å². The number of halogens is 1. The molecule has 1 heterocycles. The van der Waals surface area contributed by atoms with Crippen molar-refractivity contribution in [3.63, 3.8) is 0 Å². The molecule has 0 saturated heterocycles. The lowest BCUT2D eigenvalue weighted by atomic mass is 10.1. The van der Waals surface area contributed by atoms with Gasteiger partial charge in [0.25, 0.3) is 5.89 Å². The lowest BCUT2D eigenvalue weighted by molar-refractivity contribution is -0.115. The summed E-state index contributed by atoms with van der Waals surface area (Å²) < 4.78 is 5.45. The van der Waals surface area contributed by atoms with Gasteiger partial charge in [0.1, 0.15) is 0 Å². The highest BCUT2D eigenvalue weighted by Gasteiger charge is 2.13. The second-order valence-electron chi connectivity index (χ2n) is 4.97. The predicted molar refractivity (Wildman–Crippen MR) is 95.3 cm³/mol. The van der Waals surface area contributed by atoms with Crippen LogP contribution >= 0.6 is 23.4 Å². The van der Waals surface area contributed by atoms with Crippen molar-refractivity contribution in [1.29, 1.82) is 0 Å². The number of thioether (sulfide) groups is 1. The van der Waals surface area contributed by atoms with Crippen molar-refractivity contribution < 1.29 is 9.21 Å². The zero-order valence-corrected chi connectivity index (χ0v) is 14.4. The Kier molecular flexibility index (Phi) is 5.17. The van der Waals surface area contributed by atoms with Crippen molar-refractivity contribution in [1.82, 2.24) is 10.2 Å². The normalized spacial score (nSPS) is 10.6. The molecule has 0 unspecified atom stereocenters. The first-order valence-corrected chi connectivity index (χ1v) is 8.77. The Morgan fingerprint density at radius 1 is 1.17 bits per heavy atom. The Balaban J connectivity index is 1.66. The first kappa shape index (κ1) is 16.5. The van der Waals surface area contributed by atoms with Crippen molar-refractivity contribution in [2.75, 3.05) is 11.6 Å². The summed E-state index contributed by atoms with van der Waals surface area (Å²) in [6, 6.07) is 15.0. The largest absolute Gasteiger partial charge is 0.403 e. The van der Waals surface area contributed by atoms with E-state index in [1.54, 1.807) is 23.9 Å². The minimum Gasteiger partial charge on any atom is -0.403 e. The molecule has 0 bridgehead atoms. The summed E-state index contributed by atoms with van der Waals surface area (Å²) in [6.45, 7) is 0. The smallest absolute Gasteiger partial charge is 0.322 e. The third-order valence-electron chi connectivity index (χ3n) is 3.30. The van der Waals surface area contributed by atoms with Crippen LogP contribution in [0.5, 0.6) is 0 Å². The molecule has 3 aromatic rings. The molecule has 7 heteroatoms. The summed E-state index contributed by atoms with van der Waals surface area (Å²) in [5, 5.41) is 10.9. The zero-order valence-electron chi connectivity index (χ0n) is 12.8. The molecule has 0 aliphatic carbocycles.